The molecule has 0 saturated carbocycles. The number of thioether (sulfide) groups is 1. The molecular formula is C22H26N6O5S. The number of carbonyl (C=O) groups is 2. The van der Waals surface area contributed by atoms with Crippen LogP contribution in [0.25, 0.3) is 16.7 Å². The summed E-state index contributed by atoms with van der Waals surface area (Å²) in [6, 6.07) is 6.39. The maximum atomic E-state index is 13.1. The Morgan fingerprint density at radius 1 is 1.24 bits per heavy atom. The minimum atomic E-state index is -0.495. The second-order valence-electron chi connectivity index (χ2n) is 7.66. The Kier molecular flexibility index (Phi) is 7.17. The standard InChI is InChI=1S/C22H26N6O5S/c1-4-33-19(30)17-13(2)23-20(31)24-15(17)12-34-22-26-25-21-27(10-7-11-32-3)18(29)14-8-5-6-9-16(14)28(21)22/h5-6,8-9,13H,4,7,10-12H2,1-3H3,(H2,23,24,31). The fourth-order valence-corrected chi connectivity index (χ4v) is 4.83. The second kappa shape index (κ2) is 10.3. The van der Waals surface area contributed by atoms with Gasteiger partial charge in [-0.15, -0.1) is 10.2 Å². The Labute approximate surface area is 199 Å². The summed E-state index contributed by atoms with van der Waals surface area (Å²) < 4.78 is 13.7. The van der Waals surface area contributed by atoms with Crippen LogP contribution in [-0.4, -0.2) is 63.3 Å². The van der Waals surface area contributed by atoms with Crippen molar-refractivity contribution in [2.45, 2.75) is 38.0 Å². The van der Waals surface area contributed by atoms with E-state index < -0.39 is 12.0 Å². The zero-order chi connectivity index (χ0) is 24.2. The van der Waals surface area contributed by atoms with Crippen LogP contribution in [0.15, 0.2) is 45.5 Å². The third kappa shape index (κ3) is 4.50. The number of hydrogen-bond donors (Lipinski definition) is 2. The summed E-state index contributed by atoms with van der Waals surface area (Å²) in [5.41, 5.74) is 1.36. The van der Waals surface area contributed by atoms with Gasteiger partial charge in [0.05, 0.1) is 29.1 Å². The van der Waals surface area contributed by atoms with Gasteiger partial charge in [0.1, 0.15) is 0 Å². The van der Waals surface area contributed by atoms with Gasteiger partial charge in [0, 0.05) is 31.7 Å². The molecule has 2 aromatic heterocycles. The highest BCUT2D eigenvalue weighted by Crippen LogP contribution is 2.25. The lowest BCUT2D eigenvalue weighted by Gasteiger charge is -2.26. The van der Waals surface area contributed by atoms with Crippen LogP contribution >= 0.6 is 11.8 Å². The summed E-state index contributed by atoms with van der Waals surface area (Å²) in [7, 11) is 1.62. The van der Waals surface area contributed by atoms with Crippen molar-refractivity contribution in [3.8, 4) is 0 Å². The van der Waals surface area contributed by atoms with Crippen LogP contribution in [0.5, 0.6) is 0 Å². The van der Waals surface area contributed by atoms with E-state index in [0.29, 0.717) is 52.7 Å². The Morgan fingerprint density at radius 2 is 2.03 bits per heavy atom. The Hall–Kier alpha value is -3.38. The Morgan fingerprint density at radius 3 is 2.79 bits per heavy atom. The van der Waals surface area contributed by atoms with Crippen LogP contribution in [0.1, 0.15) is 20.3 Å². The number of para-hydroxylation sites is 1. The van der Waals surface area contributed by atoms with Gasteiger partial charge in [-0.05, 0) is 32.4 Å². The lowest BCUT2D eigenvalue weighted by molar-refractivity contribution is -0.138. The first-order valence-corrected chi connectivity index (χ1v) is 11.9. The van der Waals surface area contributed by atoms with Gasteiger partial charge >= 0.3 is 12.0 Å². The maximum Gasteiger partial charge on any atom is 0.337 e. The number of aromatic nitrogens is 4. The number of rotatable bonds is 9. The molecule has 12 heteroatoms. The third-order valence-electron chi connectivity index (χ3n) is 5.42. The molecule has 3 aromatic rings. The third-order valence-corrected chi connectivity index (χ3v) is 6.37. The van der Waals surface area contributed by atoms with Crippen molar-refractivity contribution in [1.29, 1.82) is 0 Å². The van der Waals surface area contributed by atoms with Crippen molar-refractivity contribution in [1.82, 2.24) is 29.8 Å². The van der Waals surface area contributed by atoms with Gasteiger partial charge in [-0.2, -0.15) is 0 Å². The monoisotopic (exact) mass is 486 g/mol. The maximum absolute atomic E-state index is 13.1. The molecule has 4 rings (SSSR count). The molecule has 0 spiro atoms. The van der Waals surface area contributed by atoms with Crippen LogP contribution in [0, 0.1) is 0 Å². The summed E-state index contributed by atoms with van der Waals surface area (Å²) >= 11 is 1.31. The number of fused-ring (bicyclic) bond motifs is 3. The molecule has 2 N–H and O–H groups in total. The van der Waals surface area contributed by atoms with Crippen LogP contribution < -0.4 is 16.2 Å². The number of ether oxygens (including phenoxy) is 2. The van der Waals surface area contributed by atoms with E-state index in [0.717, 1.165) is 0 Å². The summed E-state index contributed by atoms with van der Waals surface area (Å²) in [5, 5.41) is 15.1. The van der Waals surface area contributed by atoms with E-state index in [1.807, 2.05) is 22.6 Å². The molecule has 1 unspecified atom stereocenters. The first kappa shape index (κ1) is 23.8. The van der Waals surface area contributed by atoms with E-state index in [2.05, 4.69) is 20.8 Å². The summed E-state index contributed by atoms with van der Waals surface area (Å²) in [6.07, 6.45) is 0.645. The predicted octanol–water partition coefficient (Wildman–Crippen LogP) is 1.69. The van der Waals surface area contributed by atoms with Gasteiger partial charge in [-0.25, -0.2) is 9.59 Å². The number of methoxy groups -OCH3 is 1. The molecule has 1 atom stereocenters. The van der Waals surface area contributed by atoms with E-state index in [1.54, 1.807) is 31.6 Å². The molecule has 34 heavy (non-hydrogen) atoms. The molecular weight excluding hydrogens is 460 g/mol. The van der Waals surface area contributed by atoms with Crippen molar-refractivity contribution in [3.63, 3.8) is 0 Å². The molecule has 180 valence electrons. The Balaban J connectivity index is 1.75. The lowest BCUT2D eigenvalue weighted by atomic mass is 10.1. The highest BCUT2D eigenvalue weighted by Gasteiger charge is 2.30. The SMILES string of the molecule is CCOC(=O)C1=C(CSc2nnc3n(CCCOC)c(=O)c4ccccc4n23)NC(=O)NC1C. The fraction of sp³-hybridized carbons (Fsp3) is 0.409. The topological polar surface area (TPSA) is 129 Å². The fourth-order valence-electron chi connectivity index (χ4n) is 3.93. The first-order valence-electron chi connectivity index (χ1n) is 10.9. The van der Waals surface area contributed by atoms with E-state index >= 15 is 0 Å². The number of benzene rings is 1. The van der Waals surface area contributed by atoms with Gasteiger partial charge in [-0.1, -0.05) is 23.9 Å². The van der Waals surface area contributed by atoms with Crippen LogP contribution in [0.4, 0.5) is 4.79 Å². The average molecular weight is 487 g/mol. The molecule has 0 radical (unpaired) electrons. The van der Waals surface area contributed by atoms with E-state index in [9.17, 15) is 14.4 Å². The second-order valence-corrected chi connectivity index (χ2v) is 8.60. The van der Waals surface area contributed by atoms with Crippen molar-refractivity contribution in [2.75, 3.05) is 26.1 Å². The number of carbonyl (C=O) groups excluding carboxylic acids is 2. The molecule has 2 amide bonds. The number of aryl methyl sites for hydroxylation is 1. The van der Waals surface area contributed by atoms with E-state index in [1.165, 1.54) is 11.8 Å². The highest BCUT2D eigenvalue weighted by atomic mass is 32.2. The van der Waals surface area contributed by atoms with Gasteiger partial charge in [0.15, 0.2) is 5.16 Å². The average Bonchev–Trinajstić information content (AvgIpc) is 3.23. The van der Waals surface area contributed by atoms with Gasteiger partial charge < -0.3 is 20.1 Å². The van der Waals surface area contributed by atoms with Gasteiger partial charge in [-0.3, -0.25) is 13.8 Å². The Bertz CT molecular complexity index is 1330. The van der Waals surface area contributed by atoms with Crippen molar-refractivity contribution < 1.29 is 19.1 Å². The minimum absolute atomic E-state index is 0.144. The van der Waals surface area contributed by atoms with E-state index in [4.69, 9.17) is 9.47 Å². The molecule has 11 nitrogen and oxygen atoms in total. The quantitative estimate of drug-likeness (QED) is 0.266. The summed E-state index contributed by atoms with van der Waals surface area (Å²) in [4.78, 5) is 37.7. The molecule has 0 saturated heterocycles. The van der Waals surface area contributed by atoms with Crippen molar-refractivity contribution >= 4 is 40.4 Å². The lowest BCUT2D eigenvalue weighted by Crippen LogP contribution is -2.49. The van der Waals surface area contributed by atoms with Crippen LogP contribution in [-0.2, 0) is 20.8 Å². The number of esters is 1. The van der Waals surface area contributed by atoms with Gasteiger partial charge in [0.2, 0.25) is 5.78 Å². The largest absolute Gasteiger partial charge is 0.463 e. The van der Waals surface area contributed by atoms with Crippen LogP contribution in [0.2, 0.25) is 0 Å². The van der Waals surface area contributed by atoms with E-state index in [-0.39, 0.29) is 24.0 Å². The minimum Gasteiger partial charge on any atom is -0.463 e. The molecule has 0 bridgehead atoms. The summed E-state index contributed by atoms with van der Waals surface area (Å²) in [5.74, 6) is 0.190. The normalized spacial score (nSPS) is 16.1. The molecule has 1 aliphatic heterocycles. The van der Waals surface area contributed by atoms with Gasteiger partial charge in [0.25, 0.3) is 5.56 Å². The number of nitrogens with zero attached hydrogens (tertiary/aromatic N) is 4. The van der Waals surface area contributed by atoms with Crippen LogP contribution in [0.3, 0.4) is 0 Å². The molecule has 0 aliphatic carbocycles. The predicted molar refractivity (Wildman–Crippen MR) is 127 cm³/mol. The number of urea groups is 1. The first-order chi connectivity index (χ1) is 16.5. The zero-order valence-electron chi connectivity index (χ0n) is 19.2. The molecule has 1 aliphatic rings. The number of nitrogens with one attached hydrogen (secondary N) is 2. The van der Waals surface area contributed by atoms with Crippen molar-refractivity contribution in [2.24, 2.45) is 0 Å². The number of amides is 2. The number of hydrogen-bond acceptors (Lipinski definition) is 8. The summed E-state index contributed by atoms with van der Waals surface area (Å²) in [6.45, 7) is 4.63. The zero-order valence-corrected chi connectivity index (χ0v) is 20.0. The molecule has 1 aromatic carbocycles. The van der Waals surface area contributed by atoms with Crippen molar-refractivity contribution in [3.05, 3.63) is 45.9 Å². The smallest absolute Gasteiger partial charge is 0.337 e. The molecule has 0 fully saturated rings. The highest BCUT2D eigenvalue weighted by molar-refractivity contribution is 7.99. The molecule has 3 heterocycles.